The average Bonchev–Trinajstić information content (AvgIpc) is 3.04. The second-order valence-electron chi connectivity index (χ2n) is 5.44. The van der Waals surface area contributed by atoms with Crippen LogP contribution in [0.4, 0.5) is 20.9 Å². The molecule has 6 nitrogen and oxygen atoms in total. The number of benzene rings is 2. The van der Waals surface area contributed by atoms with Gasteiger partial charge in [-0.3, -0.25) is 9.59 Å². The van der Waals surface area contributed by atoms with Gasteiger partial charge in [0.2, 0.25) is 11.8 Å². The van der Waals surface area contributed by atoms with E-state index in [1.807, 2.05) is 0 Å². The average molecular weight is 370 g/mol. The largest absolute Gasteiger partial charge is 0.366 e. The van der Waals surface area contributed by atoms with Crippen molar-refractivity contribution >= 4 is 39.7 Å². The Bertz CT molecular complexity index is 923. The van der Waals surface area contributed by atoms with Crippen LogP contribution < -0.4 is 16.4 Å². The van der Waals surface area contributed by atoms with Gasteiger partial charge in [0, 0.05) is 22.3 Å². The third kappa shape index (κ3) is 4.64. The SMILES string of the molecule is NC(=O)c1ccc(NC(=O)Cc2csc(Nc3ccc(F)cc3)n2)cc1. The van der Waals surface area contributed by atoms with Crippen molar-refractivity contribution in [1.82, 2.24) is 4.98 Å². The first kappa shape index (κ1) is 17.6. The molecule has 0 saturated heterocycles. The van der Waals surface area contributed by atoms with E-state index in [9.17, 15) is 14.0 Å². The van der Waals surface area contributed by atoms with Crippen molar-refractivity contribution in [2.45, 2.75) is 6.42 Å². The molecule has 0 saturated carbocycles. The normalized spacial score (nSPS) is 10.3. The smallest absolute Gasteiger partial charge is 0.248 e. The number of nitrogens with one attached hydrogen (secondary N) is 2. The number of carbonyl (C=O) groups is 2. The van der Waals surface area contributed by atoms with Crippen LogP contribution in [0.2, 0.25) is 0 Å². The molecule has 8 heteroatoms. The molecule has 0 radical (unpaired) electrons. The third-order valence-electron chi connectivity index (χ3n) is 3.44. The summed E-state index contributed by atoms with van der Waals surface area (Å²) >= 11 is 1.35. The predicted octanol–water partition coefficient (Wildman–Crippen LogP) is 3.31. The lowest BCUT2D eigenvalue weighted by Gasteiger charge is -2.04. The number of hydrogen-bond acceptors (Lipinski definition) is 5. The molecule has 132 valence electrons. The Hall–Kier alpha value is -3.26. The maximum absolute atomic E-state index is 12.9. The summed E-state index contributed by atoms with van der Waals surface area (Å²) in [6, 6.07) is 12.2. The standard InChI is InChI=1S/C18H15FN4O2S/c19-12-3-7-14(8-4-12)22-18-23-15(10-26-18)9-16(24)21-13-5-1-11(2-6-13)17(20)25/h1-8,10H,9H2,(H2,20,25)(H,21,24)(H,22,23). The monoisotopic (exact) mass is 370 g/mol. The van der Waals surface area contributed by atoms with Crippen molar-refractivity contribution in [3.8, 4) is 0 Å². The van der Waals surface area contributed by atoms with Crippen LogP contribution in [-0.4, -0.2) is 16.8 Å². The number of primary amides is 1. The maximum Gasteiger partial charge on any atom is 0.248 e. The summed E-state index contributed by atoms with van der Waals surface area (Å²) in [6.45, 7) is 0. The molecule has 2 aromatic carbocycles. The van der Waals surface area contributed by atoms with Crippen LogP contribution in [0.25, 0.3) is 0 Å². The highest BCUT2D eigenvalue weighted by Crippen LogP contribution is 2.21. The van der Waals surface area contributed by atoms with Gasteiger partial charge in [-0.15, -0.1) is 11.3 Å². The van der Waals surface area contributed by atoms with E-state index >= 15 is 0 Å². The minimum Gasteiger partial charge on any atom is -0.366 e. The molecule has 2 amide bonds. The first-order valence-corrected chi connectivity index (χ1v) is 8.54. The highest BCUT2D eigenvalue weighted by Gasteiger charge is 2.09. The number of nitrogens with two attached hydrogens (primary N) is 1. The van der Waals surface area contributed by atoms with E-state index in [4.69, 9.17) is 5.73 Å². The van der Waals surface area contributed by atoms with E-state index in [0.717, 1.165) is 0 Å². The lowest BCUT2D eigenvalue weighted by atomic mass is 10.2. The van der Waals surface area contributed by atoms with Crippen molar-refractivity contribution in [2.75, 3.05) is 10.6 Å². The van der Waals surface area contributed by atoms with Gasteiger partial charge in [-0.25, -0.2) is 9.37 Å². The lowest BCUT2D eigenvalue weighted by Crippen LogP contribution is -2.15. The highest BCUT2D eigenvalue weighted by atomic mass is 32.1. The molecule has 0 aliphatic carbocycles. The molecule has 1 aromatic heterocycles. The first-order valence-electron chi connectivity index (χ1n) is 7.66. The van der Waals surface area contributed by atoms with Gasteiger partial charge in [-0.05, 0) is 48.5 Å². The fourth-order valence-corrected chi connectivity index (χ4v) is 2.92. The van der Waals surface area contributed by atoms with Crippen LogP contribution in [0.1, 0.15) is 16.1 Å². The van der Waals surface area contributed by atoms with Gasteiger partial charge in [0.15, 0.2) is 5.13 Å². The van der Waals surface area contributed by atoms with E-state index in [-0.39, 0.29) is 18.1 Å². The molecule has 0 fully saturated rings. The van der Waals surface area contributed by atoms with Gasteiger partial charge in [-0.2, -0.15) is 0 Å². The van der Waals surface area contributed by atoms with E-state index in [2.05, 4.69) is 15.6 Å². The molecule has 0 bridgehead atoms. The summed E-state index contributed by atoms with van der Waals surface area (Å²) in [5.74, 6) is -1.06. The van der Waals surface area contributed by atoms with E-state index in [1.165, 1.54) is 23.5 Å². The van der Waals surface area contributed by atoms with Gasteiger partial charge in [-0.1, -0.05) is 0 Å². The molecule has 0 atom stereocenters. The molecule has 0 spiro atoms. The Labute approximate surface area is 152 Å². The maximum atomic E-state index is 12.9. The number of carbonyl (C=O) groups excluding carboxylic acids is 2. The minimum atomic E-state index is -0.522. The first-order chi connectivity index (χ1) is 12.5. The summed E-state index contributed by atoms with van der Waals surface area (Å²) in [7, 11) is 0. The number of rotatable bonds is 6. The Balaban J connectivity index is 1.57. The summed E-state index contributed by atoms with van der Waals surface area (Å²) in [5.41, 5.74) is 7.45. The molecule has 4 N–H and O–H groups in total. The molecule has 0 unspecified atom stereocenters. The van der Waals surface area contributed by atoms with Gasteiger partial charge in [0.25, 0.3) is 0 Å². The highest BCUT2D eigenvalue weighted by molar-refractivity contribution is 7.13. The number of thiazole rings is 1. The number of halogens is 1. The van der Waals surface area contributed by atoms with E-state index in [0.29, 0.717) is 27.8 Å². The molecular weight excluding hydrogens is 355 g/mol. The van der Waals surface area contributed by atoms with Gasteiger partial charge >= 0.3 is 0 Å². The van der Waals surface area contributed by atoms with Gasteiger partial charge < -0.3 is 16.4 Å². The number of aromatic nitrogens is 1. The van der Waals surface area contributed by atoms with Crippen molar-refractivity contribution in [3.05, 3.63) is 71.0 Å². The summed E-state index contributed by atoms with van der Waals surface area (Å²) in [4.78, 5) is 27.5. The minimum absolute atomic E-state index is 0.110. The van der Waals surface area contributed by atoms with E-state index in [1.54, 1.807) is 41.8 Å². The van der Waals surface area contributed by atoms with Gasteiger partial charge in [0.05, 0.1) is 12.1 Å². The zero-order valence-corrected chi connectivity index (χ0v) is 14.3. The molecule has 0 aliphatic rings. The molecule has 3 rings (SSSR count). The van der Waals surface area contributed by atoms with Crippen molar-refractivity contribution < 1.29 is 14.0 Å². The Morgan fingerprint density at radius 2 is 1.69 bits per heavy atom. The quantitative estimate of drug-likeness (QED) is 0.620. The molecular formula is C18H15FN4O2S. The number of amides is 2. The Kier molecular flexibility index (Phi) is 5.23. The Morgan fingerprint density at radius 1 is 1.04 bits per heavy atom. The molecule has 3 aromatic rings. The molecule has 26 heavy (non-hydrogen) atoms. The van der Waals surface area contributed by atoms with Crippen LogP contribution in [0.5, 0.6) is 0 Å². The number of nitrogens with zero attached hydrogens (tertiary/aromatic N) is 1. The van der Waals surface area contributed by atoms with Crippen LogP contribution in [0, 0.1) is 5.82 Å². The number of anilines is 3. The number of hydrogen-bond donors (Lipinski definition) is 3. The van der Waals surface area contributed by atoms with Crippen molar-refractivity contribution in [1.29, 1.82) is 0 Å². The second-order valence-corrected chi connectivity index (χ2v) is 6.30. The predicted molar refractivity (Wildman–Crippen MR) is 99.1 cm³/mol. The fraction of sp³-hybridized carbons (Fsp3) is 0.0556. The lowest BCUT2D eigenvalue weighted by molar-refractivity contribution is -0.115. The van der Waals surface area contributed by atoms with Crippen LogP contribution in [0.15, 0.2) is 53.9 Å². The van der Waals surface area contributed by atoms with Gasteiger partial charge in [0.1, 0.15) is 5.82 Å². The fourth-order valence-electron chi connectivity index (χ4n) is 2.19. The zero-order valence-electron chi connectivity index (χ0n) is 13.5. The molecule has 1 heterocycles. The third-order valence-corrected chi connectivity index (χ3v) is 4.25. The van der Waals surface area contributed by atoms with Crippen molar-refractivity contribution in [3.63, 3.8) is 0 Å². The second kappa shape index (κ2) is 7.75. The topological polar surface area (TPSA) is 97.1 Å². The Morgan fingerprint density at radius 3 is 2.35 bits per heavy atom. The van der Waals surface area contributed by atoms with Crippen molar-refractivity contribution in [2.24, 2.45) is 5.73 Å². The summed E-state index contributed by atoms with van der Waals surface area (Å²) < 4.78 is 12.9. The van der Waals surface area contributed by atoms with Crippen LogP contribution >= 0.6 is 11.3 Å². The summed E-state index contributed by atoms with van der Waals surface area (Å²) in [5, 5.41) is 8.19. The zero-order chi connectivity index (χ0) is 18.5. The molecule has 0 aliphatic heterocycles. The van der Waals surface area contributed by atoms with Crippen LogP contribution in [0.3, 0.4) is 0 Å². The van der Waals surface area contributed by atoms with Crippen LogP contribution in [-0.2, 0) is 11.2 Å². The summed E-state index contributed by atoms with van der Waals surface area (Å²) in [6.07, 6.45) is 0.110. The van der Waals surface area contributed by atoms with E-state index < -0.39 is 5.91 Å².